The molecule has 0 aliphatic carbocycles. The van der Waals surface area contributed by atoms with E-state index in [0.29, 0.717) is 0 Å². The molecule has 7 nitrogen and oxygen atoms in total. The van der Waals surface area contributed by atoms with Crippen LogP contribution in [0.15, 0.2) is 18.2 Å². The van der Waals surface area contributed by atoms with Gasteiger partial charge in [-0.05, 0) is 32.0 Å². The van der Waals surface area contributed by atoms with Crippen LogP contribution in [0.2, 0.25) is 0 Å². The minimum Gasteiger partial charge on any atom is -0.480 e. The van der Waals surface area contributed by atoms with Gasteiger partial charge in [0.15, 0.2) is 0 Å². The first-order valence-corrected chi connectivity index (χ1v) is 6.17. The van der Waals surface area contributed by atoms with Crippen LogP contribution >= 0.6 is 0 Å². The first-order chi connectivity index (χ1) is 9.65. The third-order valence-electron chi connectivity index (χ3n) is 3.31. The number of carbonyl (C=O) groups is 4. The average molecular weight is 290 g/mol. The molecule has 1 heterocycles. The van der Waals surface area contributed by atoms with Gasteiger partial charge in [-0.1, -0.05) is 0 Å². The highest BCUT2D eigenvalue weighted by Gasteiger charge is 2.34. The number of carboxylic acids is 1. The second-order valence-corrected chi connectivity index (χ2v) is 5.31. The lowest BCUT2D eigenvalue weighted by Crippen LogP contribution is -2.49. The highest BCUT2D eigenvalue weighted by atomic mass is 16.4. The van der Waals surface area contributed by atoms with E-state index < -0.39 is 29.2 Å². The van der Waals surface area contributed by atoms with Crippen molar-refractivity contribution < 1.29 is 24.3 Å². The van der Waals surface area contributed by atoms with Crippen molar-refractivity contribution in [1.82, 2.24) is 10.2 Å². The Morgan fingerprint density at radius 1 is 1.14 bits per heavy atom. The third-order valence-corrected chi connectivity index (χ3v) is 3.31. The van der Waals surface area contributed by atoms with Crippen LogP contribution in [0.3, 0.4) is 0 Å². The van der Waals surface area contributed by atoms with E-state index >= 15 is 0 Å². The molecular formula is C14H14N2O5. The number of nitrogens with one attached hydrogen (secondary N) is 1. The molecule has 1 aromatic rings. The molecule has 0 spiro atoms. The molecule has 3 amide bonds. The van der Waals surface area contributed by atoms with Crippen molar-refractivity contribution in [3.8, 4) is 0 Å². The summed E-state index contributed by atoms with van der Waals surface area (Å²) in [5.74, 6) is -2.71. The van der Waals surface area contributed by atoms with Crippen molar-refractivity contribution in [2.75, 3.05) is 7.05 Å². The summed E-state index contributed by atoms with van der Waals surface area (Å²) in [6, 6.07) is 4.07. The number of carbonyl (C=O) groups excluding carboxylic acids is 3. The summed E-state index contributed by atoms with van der Waals surface area (Å²) in [5.41, 5.74) is -0.938. The molecule has 0 bridgehead atoms. The lowest BCUT2D eigenvalue weighted by Gasteiger charge is -2.21. The Hall–Kier alpha value is -2.70. The summed E-state index contributed by atoms with van der Waals surface area (Å²) >= 11 is 0. The quantitative estimate of drug-likeness (QED) is 0.789. The van der Waals surface area contributed by atoms with Crippen molar-refractivity contribution in [2.45, 2.75) is 19.4 Å². The van der Waals surface area contributed by atoms with Gasteiger partial charge < -0.3 is 10.4 Å². The zero-order chi connectivity index (χ0) is 15.9. The van der Waals surface area contributed by atoms with Crippen molar-refractivity contribution >= 4 is 23.7 Å². The van der Waals surface area contributed by atoms with Crippen LogP contribution in [0.4, 0.5) is 0 Å². The Labute approximate surface area is 120 Å². The molecule has 7 heteroatoms. The Kier molecular flexibility index (Phi) is 3.29. The smallest absolute Gasteiger partial charge is 0.328 e. The first-order valence-electron chi connectivity index (χ1n) is 6.17. The summed E-state index contributed by atoms with van der Waals surface area (Å²) in [6.45, 7) is 2.70. The molecule has 1 aliphatic rings. The number of rotatable bonds is 3. The monoisotopic (exact) mass is 290 g/mol. The molecule has 0 atom stereocenters. The molecule has 0 radical (unpaired) electrons. The van der Waals surface area contributed by atoms with Crippen molar-refractivity contribution in [3.63, 3.8) is 0 Å². The van der Waals surface area contributed by atoms with E-state index in [1.54, 1.807) is 0 Å². The largest absolute Gasteiger partial charge is 0.480 e. The molecule has 0 saturated heterocycles. The minimum atomic E-state index is -1.44. The van der Waals surface area contributed by atoms with Gasteiger partial charge in [0, 0.05) is 12.6 Å². The molecule has 0 aromatic heterocycles. The van der Waals surface area contributed by atoms with E-state index in [1.165, 1.54) is 39.1 Å². The maximum atomic E-state index is 12.1. The SMILES string of the molecule is CN1C(=O)c2ccc(C(=O)NC(C)(C)C(=O)O)cc2C1=O. The molecule has 2 N–H and O–H groups in total. The van der Waals surface area contributed by atoms with Gasteiger partial charge in [-0.25, -0.2) is 4.79 Å². The first kappa shape index (κ1) is 14.7. The summed E-state index contributed by atoms with van der Waals surface area (Å²) in [5, 5.41) is 11.3. The fourth-order valence-electron chi connectivity index (χ4n) is 1.91. The van der Waals surface area contributed by atoms with Crippen LogP contribution in [0, 0.1) is 0 Å². The van der Waals surface area contributed by atoms with Crippen molar-refractivity contribution in [2.24, 2.45) is 0 Å². The van der Waals surface area contributed by atoms with E-state index in [4.69, 9.17) is 5.11 Å². The Morgan fingerprint density at radius 2 is 1.71 bits per heavy atom. The number of carboxylic acid groups (broad SMARTS) is 1. The molecule has 2 rings (SSSR count). The normalized spacial score (nSPS) is 14.1. The fourth-order valence-corrected chi connectivity index (χ4v) is 1.91. The van der Waals surface area contributed by atoms with E-state index in [2.05, 4.69) is 5.32 Å². The number of aliphatic carboxylic acids is 1. The van der Waals surface area contributed by atoms with E-state index in [-0.39, 0.29) is 16.7 Å². The van der Waals surface area contributed by atoms with Gasteiger partial charge in [0.25, 0.3) is 17.7 Å². The maximum absolute atomic E-state index is 12.1. The second-order valence-electron chi connectivity index (χ2n) is 5.31. The molecule has 0 unspecified atom stereocenters. The predicted molar refractivity (Wildman–Crippen MR) is 72.0 cm³/mol. The lowest BCUT2D eigenvalue weighted by atomic mass is 10.0. The van der Waals surface area contributed by atoms with Crippen LogP contribution in [0.1, 0.15) is 44.9 Å². The van der Waals surface area contributed by atoms with Gasteiger partial charge in [-0.3, -0.25) is 19.3 Å². The summed E-state index contributed by atoms with van der Waals surface area (Å²) in [7, 11) is 1.36. The molecule has 110 valence electrons. The van der Waals surface area contributed by atoms with Gasteiger partial charge in [0.2, 0.25) is 0 Å². The van der Waals surface area contributed by atoms with E-state index in [9.17, 15) is 19.2 Å². The molecule has 1 aromatic carbocycles. The predicted octanol–water partition coefficient (Wildman–Crippen LogP) is 0.505. The van der Waals surface area contributed by atoms with Crippen molar-refractivity contribution in [1.29, 1.82) is 0 Å². The number of hydrogen-bond donors (Lipinski definition) is 2. The topological polar surface area (TPSA) is 104 Å². The number of amides is 3. The molecule has 0 saturated carbocycles. The van der Waals surface area contributed by atoms with Gasteiger partial charge in [-0.15, -0.1) is 0 Å². The van der Waals surface area contributed by atoms with Gasteiger partial charge >= 0.3 is 5.97 Å². The number of hydrogen-bond acceptors (Lipinski definition) is 4. The second kappa shape index (κ2) is 4.69. The zero-order valence-electron chi connectivity index (χ0n) is 11.8. The molecule has 0 fully saturated rings. The standard InChI is InChI=1S/C14H14N2O5/c1-14(2,13(20)21)15-10(17)7-4-5-8-9(6-7)12(19)16(3)11(8)18/h4-6H,1-3H3,(H,15,17)(H,20,21). The number of fused-ring (bicyclic) bond motifs is 1. The van der Waals surface area contributed by atoms with Crippen LogP contribution in [-0.4, -0.2) is 46.3 Å². The molecule has 21 heavy (non-hydrogen) atoms. The van der Waals surface area contributed by atoms with E-state index in [0.717, 1.165) is 4.90 Å². The van der Waals surface area contributed by atoms with Crippen LogP contribution in [-0.2, 0) is 4.79 Å². The molecule has 1 aliphatic heterocycles. The van der Waals surface area contributed by atoms with Crippen LogP contribution in [0.5, 0.6) is 0 Å². The Bertz CT molecular complexity index is 678. The van der Waals surface area contributed by atoms with E-state index in [1.807, 2.05) is 0 Å². The van der Waals surface area contributed by atoms with Gasteiger partial charge in [0.1, 0.15) is 5.54 Å². The maximum Gasteiger partial charge on any atom is 0.328 e. The van der Waals surface area contributed by atoms with Crippen LogP contribution in [0.25, 0.3) is 0 Å². The molecular weight excluding hydrogens is 276 g/mol. The Balaban J connectivity index is 2.33. The summed E-state index contributed by atoms with van der Waals surface area (Å²) in [6.07, 6.45) is 0. The number of imide groups is 1. The summed E-state index contributed by atoms with van der Waals surface area (Å²) < 4.78 is 0. The summed E-state index contributed by atoms with van der Waals surface area (Å²) in [4.78, 5) is 47.6. The van der Waals surface area contributed by atoms with Crippen LogP contribution < -0.4 is 5.32 Å². The third kappa shape index (κ3) is 2.37. The number of benzene rings is 1. The van der Waals surface area contributed by atoms with Gasteiger partial charge in [0.05, 0.1) is 11.1 Å². The van der Waals surface area contributed by atoms with Gasteiger partial charge in [-0.2, -0.15) is 0 Å². The fraction of sp³-hybridized carbons (Fsp3) is 0.286. The number of nitrogens with zero attached hydrogens (tertiary/aromatic N) is 1. The minimum absolute atomic E-state index is 0.125. The zero-order valence-corrected chi connectivity index (χ0v) is 11.8. The average Bonchev–Trinajstić information content (AvgIpc) is 2.63. The Morgan fingerprint density at radius 3 is 2.29 bits per heavy atom. The highest BCUT2D eigenvalue weighted by Crippen LogP contribution is 2.22. The van der Waals surface area contributed by atoms with Crippen molar-refractivity contribution in [3.05, 3.63) is 34.9 Å². The lowest BCUT2D eigenvalue weighted by molar-refractivity contribution is -0.143. The highest BCUT2D eigenvalue weighted by molar-refractivity contribution is 6.21.